The standard InChI is InChI=1S/C21H19BrN2O3/c1-26-16-4-2-3-14(11-16)20-13-18(21(25)24-7-9-27-10-8-24)17-12-15(22)5-6-19(17)23-20/h2-6,11-13H,7-10H2,1H3. The average molecular weight is 427 g/mol. The van der Waals surface area contributed by atoms with E-state index < -0.39 is 0 Å². The van der Waals surface area contributed by atoms with Gasteiger partial charge in [0.2, 0.25) is 0 Å². The Kier molecular flexibility index (Phi) is 5.09. The largest absolute Gasteiger partial charge is 0.497 e. The lowest BCUT2D eigenvalue weighted by Gasteiger charge is -2.27. The van der Waals surface area contributed by atoms with Gasteiger partial charge in [-0.25, -0.2) is 4.98 Å². The molecule has 4 rings (SSSR count). The van der Waals surface area contributed by atoms with Crippen LogP contribution in [-0.2, 0) is 4.74 Å². The highest BCUT2D eigenvalue weighted by Gasteiger charge is 2.22. The summed E-state index contributed by atoms with van der Waals surface area (Å²) >= 11 is 3.50. The molecule has 0 spiro atoms. The van der Waals surface area contributed by atoms with E-state index >= 15 is 0 Å². The minimum absolute atomic E-state index is 0.00736. The number of nitrogens with zero attached hydrogens (tertiary/aromatic N) is 2. The number of hydrogen-bond donors (Lipinski definition) is 0. The lowest BCUT2D eigenvalue weighted by Crippen LogP contribution is -2.40. The van der Waals surface area contributed by atoms with Gasteiger partial charge in [-0.2, -0.15) is 0 Å². The van der Waals surface area contributed by atoms with Crippen molar-refractivity contribution in [1.82, 2.24) is 9.88 Å². The SMILES string of the molecule is COc1cccc(-c2cc(C(=O)N3CCOCC3)c3cc(Br)ccc3n2)c1. The number of halogens is 1. The first-order chi connectivity index (χ1) is 13.2. The zero-order valence-corrected chi connectivity index (χ0v) is 16.5. The maximum absolute atomic E-state index is 13.2. The summed E-state index contributed by atoms with van der Waals surface area (Å²) < 4.78 is 11.6. The molecule has 1 aromatic heterocycles. The van der Waals surface area contributed by atoms with Gasteiger partial charge in [0.25, 0.3) is 5.91 Å². The fraction of sp³-hybridized carbons (Fsp3) is 0.238. The Morgan fingerprint density at radius 2 is 1.96 bits per heavy atom. The highest BCUT2D eigenvalue weighted by atomic mass is 79.9. The summed E-state index contributed by atoms with van der Waals surface area (Å²) in [7, 11) is 1.64. The summed E-state index contributed by atoms with van der Waals surface area (Å²) in [6.45, 7) is 2.35. The third kappa shape index (κ3) is 3.68. The van der Waals surface area contributed by atoms with Gasteiger partial charge in [0.1, 0.15) is 5.75 Å². The zero-order valence-electron chi connectivity index (χ0n) is 14.9. The van der Waals surface area contributed by atoms with Gasteiger partial charge < -0.3 is 14.4 Å². The van der Waals surface area contributed by atoms with E-state index in [0.29, 0.717) is 31.9 Å². The highest BCUT2D eigenvalue weighted by molar-refractivity contribution is 9.10. The third-order valence-electron chi connectivity index (χ3n) is 4.66. The van der Waals surface area contributed by atoms with Gasteiger partial charge in [0, 0.05) is 28.5 Å². The quantitative estimate of drug-likeness (QED) is 0.631. The van der Waals surface area contributed by atoms with Crippen molar-refractivity contribution in [3.63, 3.8) is 0 Å². The second-order valence-electron chi connectivity index (χ2n) is 6.35. The first-order valence-corrected chi connectivity index (χ1v) is 9.57. The number of ether oxygens (including phenoxy) is 2. The Labute approximate surface area is 166 Å². The van der Waals surface area contributed by atoms with Crippen LogP contribution in [0, 0.1) is 0 Å². The van der Waals surface area contributed by atoms with Crippen molar-refractivity contribution in [2.75, 3.05) is 33.4 Å². The van der Waals surface area contributed by atoms with Gasteiger partial charge in [-0.15, -0.1) is 0 Å². The molecule has 27 heavy (non-hydrogen) atoms. The van der Waals surface area contributed by atoms with Crippen molar-refractivity contribution in [2.24, 2.45) is 0 Å². The Morgan fingerprint density at radius 1 is 1.15 bits per heavy atom. The first kappa shape index (κ1) is 17.9. The van der Waals surface area contributed by atoms with E-state index in [4.69, 9.17) is 14.5 Å². The van der Waals surface area contributed by atoms with Gasteiger partial charge in [-0.05, 0) is 36.4 Å². The molecule has 2 heterocycles. The summed E-state index contributed by atoms with van der Waals surface area (Å²) in [6, 6.07) is 15.4. The summed E-state index contributed by atoms with van der Waals surface area (Å²) in [5.41, 5.74) is 3.10. The van der Waals surface area contributed by atoms with E-state index in [2.05, 4.69) is 15.9 Å². The predicted molar refractivity (Wildman–Crippen MR) is 108 cm³/mol. The molecule has 0 unspecified atom stereocenters. The van der Waals surface area contributed by atoms with Crippen LogP contribution in [0.1, 0.15) is 10.4 Å². The molecule has 0 atom stereocenters. The molecule has 3 aromatic rings. The molecule has 6 heteroatoms. The van der Waals surface area contributed by atoms with Crippen molar-refractivity contribution in [3.05, 3.63) is 58.6 Å². The number of carbonyl (C=O) groups is 1. The monoisotopic (exact) mass is 426 g/mol. The molecule has 1 saturated heterocycles. The van der Waals surface area contributed by atoms with Crippen LogP contribution in [0.5, 0.6) is 5.75 Å². The van der Waals surface area contributed by atoms with Crippen molar-refractivity contribution < 1.29 is 14.3 Å². The minimum atomic E-state index is 0.00736. The molecule has 2 aromatic carbocycles. The molecule has 1 aliphatic rings. The fourth-order valence-electron chi connectivity index (χ4n) is 3.24. The molecule has 0 radical (unpaired) electrons. The Hall–Kier alpha value is -2.44. The number of amides is 1. The van der Waals surface area contributed by atoms with Crippen LogP contribution in [0.3, 0.4) is 0 Å². The molecule has 0 saturated carbocycles. The van der Waals surface area contributed by atoms with E-state index in [-0.39, 0.29) is 5.91 Å². The number of aromatic nitrogens is 1. The lowest BCUT2D eigenvalue weighted by atomic mass is 10.0. The Bertz CT molecular complexity index is 1000. The number of rotatable bonds is 3. The second-order valence-corrected chi connectivity index (χ2v) is 7.27. The van der Waals surface area contributed by atoms with Crippen LogP contribution in [0.2, 0.25) is 0 Å². The van der Waals surface area contributed by atoms with E-state index in [1.165, 1.54) is 0 Å². The van der Waals surface area contributed by atoms with Crippen molar-refractivity contribution >= 4 is 32.7 Å². The fourth-order valence-corrected chi connectivity index (χ4v) is 3.60. The van der Waals surface area contributed by atoms with Crippen LogP contribution in [0.25, 0.3) is 22.2 Å². The number of morpholine rings is 1. The smallest absolute Gasteiger partial charge is 0.254 e. The lowest BCUT2D eigenvalue weighted by molar-refractivity contribution is 0.0304. The number of benzene rings is 2. The Balaban J connectivity index is 1.86. The Morgan fingerprint density at radius 3 is 2.74 bits per heavy atom. The molecule has 1 aliphatic heterocycles. The predicted octanol–water partition coefficient (Wildman–Crippen LogP) is 4.15. The molecule has 0 aliphatic carbocycles. The number of carbonyl (C=O) groups excluding carboxylic acids is 1. The topological polar surface area (TPSA) is 51.7 Å². The molecule has 1 amide bonds. The molecule has 0 N–H and O–H groups in total. The van der Waals surface area contributed by atoms with E-state index in [1.54, 1.807) is 7.11 Å². The van der Waals surface area contributed by atoms with Crippen molar-refractivity contribution in [2.45, 2.75) is 0 Å². The minimum Gasteiger partial charge on any atom is -0.497 e. The third-order valence-corrected chi connectivity index (χ3v) is 5.16. The number of hydrogen-bond acceptors (Lipinski definition) is 4. The van der Waals surface area contributed by atoms with Crippen LogP contribution >= 0.6 is 15.9 Å². The summed E-state index contributed by atoms with van der Waals surface area (Å²) in [6.07, 6.45) is 0. The van der Waals surface area contributed by atoms with Crippen LogP contribution in [-0.4, -0.2) is 49.2 Å². The average Bonchev–Trinajstić information content (AvgIpc) is 2.73. The normalized spacial score (nSPS) is 14.4. The van der Waals surface area contributed by atoms with Crippen molar-refractivity contribution in [3.8, 4) is 17.0 Å². The molecule has 0 bridgehead atoms. The first-order valence-electron chi connectivity index (χ1n) is 8.77. The van der Waals surface area contributed by atoms with Crippen molar-refractivity contribution in [1.29, 1.82) is 0 Å². The van der Waals surface area contributed by atoms with E-state index in [1.807, 2.05) is 53.4 Å². The van der Waals surface area contributed by atoms with Gasteiger partial charge >= 0.3 is 0 Å². The summed E-state index contributed by atoms with van der Waals surface area (Å²) in [4.78, 5) is 19.9. The van der Waals surface area contributed by atoms with E-state index in [0.717, 1.165) is 32.4 Å². The molecule has 138 valence electrons. The molecule has 5 nitrogen and oxygen atoms in total. The number of methoxy groups -OCH3 is 1. The molecular weight excluding hydrogens is 408 g/mol. The van der Waals surface area contributed by atoms with Crippen LogP contribution in [0.4, 0.5) is 0 Å². The molecular formula is C21H19BrN2O3. The number of pyridine rings is 1. The van der Waals surface area contributed by atoms with Gasteiger partial charge in [-0.3, -0.25) is 4.79 Å². The van der Waals surface area contributed by atoms with Crippen LogP contribution in [0.15, 0.2) is 53.0 Å². The second kappa shape index (κ2) is 7.66. The van der Waals surface area contributed by atoms with Gasteiger partial charge in [0.05, 0.1) is 37.1 Å². The highest BCUT2D eigenvalue weighted by Crippen LogP contribution is 2.29. The maximum atomic E-state index is 13.2. The van der Waals surface area contributed by atoms with E-state index in [9.17, 15) is 4.79 Å². The number of fused-ring (bicyclic) bond motifs is 1. The zero-order chi connectivity index (χ0) is 18.8. The van der Waals surface area contributed by atoms with Gasteiger partial charge in [-0.1, -0.05) is 28.1 Å². The summed E-state index contributed by atoms with van der Waals surface area (Å²) in [5, 5.41) is 0.840. The molecule has 1 fully saturated rings. The maximum Gasteiger partial charge on any atom is 0.254 e. The van der Waals surface area contributed by atoms with Gasteiger partial charge in [0.15, 0.2) is 0 Å². The van der Waals surface area contributed by atoms with Crippen LogP contribution < -0.4 is 4.74 Å². The summed E-state index contributed by atoms with van der Waals surface area (Å²) in [5.74, 6) is 0.763.